The first kappa shape index (κ1) is 11.4. The van der Waals surface area contributed by atoms with E-state index in [1.54, 1.807) is 24.3 Å². The summed E-state index contributed by atoms with van der Waals surface area (Å²) in [6.07, 6.45) is 4.41. The third kappa shape index (κ3) is 2.04. The molecule has 0 amide bonds. The number of carbonyl (C=O) groups excluding carboxylic acids is 1. The van der Waals surface area contributed by atoms with Gasteiger partial charge in [-0.2, -0.15) is 5.26 Å². The van der Waals surface area contributed by atoms with Gasteiger partial charge in [0.15, 0.2) is 5.78 Å². The van der Waals surface area contributed by atoms with Crippen LogP contribution in [0.3, 0.4) is 0 Å². The number of ketones is 1. The van der Waals surface area contributed by atoms with E-state index in [0.717, 1.165) is 25.7 Å². The number of carbonyl (C=O) groups is 1. The summed E-state index contributed by atoms with van der Waals surface area (Å²) in [5.74, 6) is 0.248. The lowest BCUT2D eigenvalue weighted by Gasteiger charge is -2.27. The fourth-order valence-electron chi connectivity index (χ4n) is 3.05. The molecular weight excluding hydrogens is 226 g/mol. The van der Waals surface area contributed by atoms with Crippen molar-refractivity contribution in [3.8, 4) is 6.07 Å². The number of nitriles is 1. The second-order valence-electron chi connectivity index (χ2n) is 5.18. The molecule has 2 bridgehead atoms. The average molecular weight is 241 g/mol. The third-order valence-corrected chi connectivity index (χ3v) is 3.94. The first-order valence-corrected chi connectivity index (χ1v) is 6.46. The van der Waals surface area contributed by atoms with Gasteiger partial charge in [0.25, 0.3) is 0 Å². The van der Waals surface area contributed by atoms with Crippen molar-refractivity contribution in [3.63, 3.8) is 0 Å². The highest BCUT2D eigenvalue weighted by molar-refractivity contribution is 5.98. The van der Waals surface area contributed by atoms with Gasteiger partial charge in [0.05, 0.1) is 23.8 Å². The summed E-state index contributed by atoms with van der Waals surface area (Å²) in [6, 6.07) is 9.08. The second-order valence-corrected chi connectivity index (χ2v) is 5.18. The van der Waals surface area contributed by atoms with Gasteiger partial charge in [0, 0.05) is 11.5 Å². The van der Waals surface area contributed by atoms with Crippen molar-refractivity contribution >= 4 is 5.78 Å². The van der Waals surface area contributed by atoms with Gasteiger partial charge in [-0.05, 0) is 37.8 Å². The summed E-state index contributed by atoms with van der Waals surface area (Å²) in [7, 11) is 0. The van der Waals surface area contributed by atoms with Gasteiger partial charge < -0.3 is 4.74 Å². The molecule has 2 aliphatic heterocycles. The molecule has 0 N–H and O–H groups in total. The van der Waals surface area contributed by atoms with Crippen LogP contribution in [0.25, 0.3) is 0 Å². The van der Waals surface area contributed by atoms with Crippen LogP contribution in [0.2, 0.25) is 0 Å². The Labute approximate surface area is 106 Å². The van der Waals surface area contributed by atoms with E-state index in [-0.39, 0.29) is 23.9 Å². The topological polar surface area (TPSA) is 50.1 Å². The number of nitrogens with zero attached hydrogens (tertiary/aromatic N) is 1. The largest absolute Gasteiger partial charge is 0.375 e. The third-order valence-electron chi connectivity index (χ3n) is 3.94. The Kier molecular flexibility index (Phi) is 2.89. The summed E-state index contributed by atoms with van der Waals surface area (Å²) in [4.78, 5) is 12.4. The Balaban J connectivity index is 1.80. The normalized spacial score (nSPS) is 29.8. The molecule has 3 rings (SSSR count). The van der Waals surface area contributed by atoms with Crippen LogP contribution in [-0.2, 0) is 4.74 Å². The molecule has 2 fully saturated rings. The van der Waals surface area contributed by atoms with E-state index in [2.05, 4.69) is 6.07 Å². The Morgan fingerprint density at radius 2 is 2.00 bits per heavy atom. The molecule has 2 unspecified atom stereocenters. The van der Waals surface area contributed by atoms with Crippen LogP contribution >= 0.6 is 0 Å². The Morgan fingerprint density at radius 3 is 2.67 bits per heavy atom. The van der Waals surface area contributed by atoms with Crippen molar-refractivity contribution < 1.29 is 9.53 Å². The minimum atomic E-state index is 0.0743. The molecule has 18 heavy (non-hydrogen) atoms. The molecule has 2 heterocycles. The summed E-state index contributed by atoms with van der Waals surface area (Å²) in [6.45, 7) is 0. The summed E-state index contributed by atoms with van der Waals surface area (Å²) in [5.41, 5.74) is 1.22. The number of benzene rings is 1. The molecule has 1 aromatic rings. The molecule has 2 aliphatic rings. The molecule has 2 atom stereocenters. The SMILES string of the molecule is N#Cc1cccc(C(=O)C2CC3CCC(C2)O3)c1. The van der Waals surface area contributed by atoms with Crippen molar-refractivity contribution in [2.45, 2.75) is 37.9 Å². The Bertz CT molecular complexity index is 505. The number of ether oxygens (including phenoxy) is 1. The maximum absolute atomic E-state index is 12.4. The zero-order valence-electron chi connectivity index (χ0n) is 10.1. The van der Waals surface area contributed by atoms with Gasteiger partial charge in [-0.1, -0.05) is 12.1 Å². The van der Waals surface area contributed by atoms with E-state index in [0.29, 0.717) is 11.1 Å². The van der Waals surface area contributed by atoms with Gasteiger partial charge in [-0.25, -0.2) is 0 Å². The van der Waals surface area contributed by atoms with Crippen molar-refractivity contribution in [1.82, 2.24) is 0 Å². The molecule has 0 aromatic heterocycles. The van der Waals surface area contributed by atoms with Crippen molar-refractivity contribution in [3.05, 3.63) is 35.4 Å². The van der Waals surface area contributed by atoms with Gasteiger partial charge >= 0.3 is 0 Å². The van der Waals surface area contributed by atoms with Crippen LogP contribution in [0.1, 0.15) is 41.6 Å². The lowest BCUT2D eigenvalue weighted by Crippen LogP contribution is -2.30. The van der Waals surface area contributed by atoms with Crippen LogP contribution in [-0.4, -0.2) is 18.0 Å². The van der Waals surface area contributed by atoms with E-state index in [1.165, 1.54) is 0 Å². The summed E-state index contributed by atoms with van der Waals surface area (Å²) >= 11 is 0. The van der Waals surface area contributed by atoms with Gasteiger partial charge in [0.2, 0.25) is 0 Å². The smallest absolute Gasteiger partial charge is 0.166 e. The van der Waals surface area contributed by atoms with Crippen molar-refractivity contribution in [2.24, 2.45) is 5.92 Å². The van der Waals surface area contributed by atoms with Crippen LogP contribution in [0.4, 0.5) is 0 Å². The fraction of sp³-hybridized carbons (Fsp3) is 0.467. The number of hydrogen-bond donors (Lipinski definition) is 0. The summed E-state index contributed by atoms with van der Waals surface area (Å²) in [5, 5.41) is 8.87. The maximum atomic E-state index is 12.4. The molecule has 92 valence electrons. The van der Waals surface area contributed by atoms with E-state index in [1.807, 2.05) is 0 Å². The molecular formula is C15H15NO2. The molecule has 0 saturated carbocycles. The quantitative estimate of drug-likeness (QED) is 0.748. The van der Waals surface area contributed by atoms with Gasteiger partial charge in [0.1, 0.15) is 0 Å². The molecule has 0 radical (unpaired) electrons. The number of fused-ring (bicyclic) bond motifs is 2. The average Bonchev–Trinajstić information content (AvgIpc) is 2.76. The first-order chi connectivity index (χ1) is 8.76. The van der Waals surface area contributed by atoms with Gasteiger partial charge in [-0.3, -0.25) is 4.79 Å². The van der Waals surface area contributed by atoms with Crippen molar-refractivity contribution in [1.29, 1.82) is 5.26 Å². The van der Waals surface area contributed by atoms with Crippen LogP contribution in [0, 0.1) is 17.2 Å². The number of hydrogen-bond acceptors (Lipinski definition) is 3. The molecule has 2 saturated heterocycles. The molecule has 3 nitrogen and oxygen atoms in total. The van der Waals surface area contributed by atoms with Crippen LogP contribution in [0.5, 0.6) is 0 Å². The number of rotatable bonds is 2. The Morgan fingerprint density at radius 1 is 1.28 bits per heavy atom. The zero-order valence-corrected chi connectivity index (χ0v) is 10.1. The molecule has 3 heteroatoms. The van der Waals surface area contributed by atoms with E-state index < -0.39 is 0 Å². The predicted octanol–water partition coefficient (Wildman–Crippen LogP) is 2.70. The zero-order chi connectivity index (χ0) is 12.5. The van der Waals surface area contributed by atoms with Gasteiger partial charge in [-0.15, -0.1) is 0 Å². The van der Waals surface area contributed by atoms with E-state index >= 15 is 0 Å². The highest BCUT2D eigenvalue weighted by atomic mass is 16.5. The van der Waals surface area contributed by atoms with Crippen molar-refractivity contribution in [2.75, 3.05) is 0 Å². The predicted molar refractivity (Wildman–Crippen MR) is 66.1 cm³/mol. The van der Waals surface area contributed by atoms with Crippen LogP contribution in [0.15, 0.2) is 24.3 Å². The van der Waals surface area contributed by atoms with E-state index in [9.17, 15) is 4.79 Å². The lowest BCUT2D eigenvalue weighted by molar-refractivity contribution is -0.0149. The highest BCUT2D eigenvalue weighted by Crippen LogP contribution is 2.37. The monoisotopic (exact) mass is 241 g/mol. The standard InChI is InChI=1S/C15H15NO2/c16-9-10-2-1-3-11(6-10)15(17)12-7-13-4-5-14(8-12)18-13/h1-3,6,12-14H,4-5,7-8H2. The minimum Gasteiger partial charge on any atom is -0.375 e. The first-order valence-electron chi connectivity index (χ1n) is 6.46. The fourth-order valence-corrected chi connectivity index (χ4v) is 3.05. The second kappa shape index (κ2) is 4.55. The molecule has 0 spiro atoms. The minimum absolute atomic E-state index is 0.0743. The maximum Gasteiger partial charge on any atom is 0.166 e. The van der Waals surface area contributed by atoms with Crippen LogP contribution < -0.4 is 0 Å². The van der Waals surface area contributed by atoms with E-state index in [4.69, 9.17) is 10.00 Å². The lowest BCUT2D eigenvalue weighted by atomic mass is 9.87. The highest BCUT2D eigenvalue weighted by Gasteiger charge is 2.38. The Hall–Kier alpha value is -1.66. The summed E-state index contributed by atoms with van der Waals surface area (Å²) < 4.78 is 5.75. The number of Topliss-reactive ketones (excluding diaryl/α,β-unsaturated/α-hetero) is 1. The molecule has 0 aliphatic carbocycles. The molecule has 1 aromatic carbocycles.